The molecule has 0 spiro atoms. The summed E-state index contributed by atoms with van der Waals surface area (Å²) in [6, 6.07) is 0. The third-order valence-corrected chi connectivity index (χ3v) is 2.89. The molecular formula is C14H23NO2. The average molecular weight is 237 g/mol. The van der Waals surface area contributed by atoms with Crippen LogP contribution in [-0.2, 0) is 4.74 Å². The standard InChI is InChI=1S/C14H23NO2/c1-5-11-6-8-12(9-7-11)10-15-13(16)17-14(2,3)4/h12H,1,6-10H2,2-4H3,(H,15,16). The van der Waals surface area contributed by atoms with Crippen molar-refractivity contribution in [2.75, 3.05) is 6.54 Å². The molecule has 1 rings (SSSR count). The molecule has 3 heteroatoms. The van der Waals surface area contributed by atoms with Gasteiger partial charge in [-0.1, -0.05) is 6.58 Å². The summed E-state index contributed by atoms with van der Waals surface area (Å²) in [7, 11) is 0. The predicted octanol–water partition coefficient (Wildman–Crippen LogP) is 3.41. The van der Waals surface area contributed by atoms with Crippen LogP contribution in [0.25, 0.3) is 0 Å². The highest BCUT2D eigenvalue weighted by atomic mass is 16.6. The number of allylic oxidation sites excluding steroid dienone is 1. The second-order valence-electron chi connectivity index (χ2n) is 5.61. The molecule has 0 bridgehead atoms. The molecule has 0 aliphatic heterocycles. The summed E-state index contributed by atoms with van der Waals surface area (Å²) in [5.74, 6) is 0.555. The van der Waals surface area contributed by atoms with Crippen molar-refractivity contribution in [2.24, 2.45) is 5.92 Å². The topological polar surface area (TPSA) is 38.3 Å². The molecule has 1 aliphatic carbocycles. The number of rotatable bonds is 2. The van der Waals surface area contributed by atoms with E-state index in [1.54, 1.807) is 0 Å². The molecule has 0 saturated heterocycles. The van der Waals surface area contributed by atoms with Gasteiger partial charge in [-0.05, 0) is 57.9 Å². The second-order valence-corrected chi connectivity index (χ2v) is 5.61. The molecule has 3 nitrogen and oxygen atoms in total. The van der Waals surface area contributed by atoms with Crippen molar-refractivity contribution >= 4 is 6.09 Å². The van der Waals surface area contributed by atoms with Crippen molar-refractivity contribution in [3.05, 3.63) is 17.9 Å². The number of amides is 1. The number of carbonyl (C=O) groups is 1. The molecule has 0 aromatic heterocycles. The number of carbonyl (C=O) groups excluding carboxylic acids is 1. The first kappa shape index (κ1) is 13.9. The molecule has 1 fully saturated rings. The van der Waals surface area contributed by atoms with Gasteiger partial charge in [-0.3, -0.25) is 0 Å². The number of hydrogen-bond acceptors (Lipinski definition) is 2. The van der Waals surface area contributed by atoms with Crippen molar-refractivity contribution < 1.29 is 9.53 Å². The quantitative estimate of drug-likeness (QED) is 0.747. The molecule has 1 saturated carbocycles. The highest BCUT2D eigenvalue weighted by Gasteiger charge is 2.19. The minimum Gasteiger partial charge on any atom is -0.444 e. The lowest BCUT2D eigenvalue weighted by Crippen LogP contribution is -2.35. The third kappa shape index (κ3) is 5.60. The highest BCUT2D eigenvalue weighted by molar-refractivity contribution is 5.67. The van der Waals surface area contributed by atoms with Crippen molar-refractivity contribution in [3.63, 3.8) is 0 Å². The maximum absolute atomic E-state index is 11.5. The van der Waals surface area contributed by atoms with E-state index >= 15 is 0 Å². The van der Waals surface area contributed by atoms with Crippen LogP contribution < -0.4 is 5.32 Å². The first-order chi connectivity index (χ1) is 7.90. The Morgan fingerprint density at radius 1 is 1.47 bits per heavy atom. The van der Waals surface area contributed by atoms with E-state index in [1.807, 2.05) is 20.8 Å². The molecule has 0 atom stereocenters. The van der Waals surface area contributed by atoms with Crippen molar-refractivity contribution in [3.8, 4) is 0 Å². The maximum atomic E-state index is 11.5. The number of ether oxygens (including phenoxy) is 1. The molecule has 1 amide bonds. The molecule has 96 valence electrons. The normalized spacial score (nSPS) is 20.6. The van der Waals surface area contributed by atoms with Gasteiger partial charge < -0.3 is 10.1 Å². The molecule has 0 radical (unpaired) electrons. The molecule has 17 heavy (non-hydrogen) atoms. The Labute approximate surface area is 104 Å². The molecule has 0 aromatic rings. The lowest BCUT2D eigenvalue weighted by molar-refractivity contribution is 0.0516. The smallest absolute Gasteiger partial charge is 0.407 e. The SMILES string of the molecule is C=C=C1CCC(CNC(=O)OC(C)(C)C)CC1. The Kier molecular flexibility index (Phi) is 4.83. The lowest BCUT2D eigenvalue weighted by atomic mass is 9.86. The van der Waals surface area contributed by atoms with Crippen LogP contribution >= 0.6 is 0 Å². The zero-order valence-electron chi connectivity index (χ0n) is 11.1. The number of hydrogen-bond donors (Lipinski definition) is 1. The Morgan fingerprint density at radius 2 is 2.06 bits per heavy atom. The van der Waals surface area contributed by atoms with Crippen LogP contribution in [0, 0.1) is 5.92 Å². The minimum atomic E-state index is -0.421. The van der Waals surface area contributed by atoms with Crippen LogP contribution in [-0.4, -0.2) is 18.2 Å². The summed E-state index contributed by atoms with van der Waals surface area (Å²) in [6.07, 6.45) is 4.01. The predicted molar refractivity (Wildman–Crippen MR) is 68.8 cm³/mol. The summed E-state index contributed by atoms with van der Waals surface area (Å²) < 4.78 is 5.19. The lowest BCUT2D eigenvalue weighted by Gasteiger charge is -2.24. The molecule has 1 aliphatic rings. The van der Waals surface area contributed by atoms with Gasteiger partial charge >= 0.3 is 6.09 Å². The Morgan fingerprint density at radius 3 is 2.53 bits per heavy atom. The molecule has 0 heterocycles. The average Bonchev–Trinajstić information content (AvgIpc) is 2.25. The summed E-state index contributed by atoms with van der Waals surface area (Å²) in [5, 5.41) is 2.84. The van der Waals surface area contributed by atoms with Crippen LogP contribution in [0.4, 0.5) is 4.79 Å². The van der Waals surface area contributed by atoms with Gasteiger partial charge in [-0.25, -0.2) is 4.79 Å². The third-order valence-electron chi connectivity index (χ3n) is 2.89. The summed E-state index contributed by atoms with van der Waals surface area (Å²) in [6.45, 7) is 9.99. The van der Waals surface area contributed by atoms with E-state index in [0.717, 1.165) is 25.7 Å². The van der Waals surface area contributed by atoms with E-state index in [9.17, 15) is 4.79 Å². The fourth-order valence-electron chi connectivity index (χ4n) is 1.95. The zero-order valence-corrected chi connectivity index (χ0v) is 11.1. The van der Waals surface area contributed by atoms with E-state index < -0.39 is 5.60 Å². The van der Waals surface area contributed by atoms with Crippen molar-refractivity contribution in [1.29, 1.82) is 0 Å². The monoisotopic (exact) mass is 237 g/mol. The van der Waals surface area contributed by atoms with E-state index in [-0.39, 0.29) is 6.09 Å². The van der Waals surface area contributed by atoms with Crippen molar-refractivity contribution in [2.45, 2.75) is 52.1 Å². The largest absolute Gasteiger partial charge is 0.444 e. The van der Waals surface area contributed by atoms with Gasteiger partial charge in [0.2, 0.25) is 0 Å². The first-order valence-electron chi connectivity index (χ1n) is 6.25. The van der Waals surface area contributed by atoms with Crippen LogP contribution in [0.3, 0.4) is 0 Å². The molecule has 1 N–H and O–H groups in total. The summed E-state index contributed by atoms with van der Waals surface area (Å²) in [4.78, 5) is 11.5. The fourth-order valence-corrected chi connectivity index (χ4v) is 1.95. The Balaban J connectivity index is 2.24. The summed E-state index contributed by atoms with van der Waals surface area (Å²) >= 11 is 0. The van der Waals surface area contributed by atoms with E-state index in [0.29, 0.717) is 12.5 Å². The molecule has 0 aromatic carbocycles. The number of nitrogens with one attached hydrogen (secondary N) is 1. The van der Waals surface area contributed by atoms with Gasteiger partial charge in [-0.2, -0.15) is 0 Å². The van der Waals surface area contributed by atoms with Crippen LogP contribution in [0.1, 0.15) is 46.5 Å². The summed E-state index contributed by atoms with van der Waals surface area (Å²) in [5.41, 5.74) is 3.87. The maximum Gasteiger partial charge on any atom is 0.407 e. The van der Waals surface area contributed by atoms with Gasteiger partial charge in [-0.15, -0.1) is 5.73 Å². The van der Waals surface area contributed by atoms with E-state index in [1.165, 1.54) is 5.57 Å². The van der Waals surface area contributed by atoms with Crippen LogP contribution in [0.5, 0.6) is 0 Å². The Bertz CT molecular complexity index is 312. The zero-order chi connectivity index (χ0) is 12.9. The van der Waals surface area contributed by atoms with Crippen LogP contribution in [0.2, 0.25) is 0 Å². The number of alkyl carbamates (subject to hydrolysis) is 1. The van der Waals surface area contributed by atoms with Crippen molar-refractivity contribution in [1.82, 2.24) is 5.32 Å². The van der Waals surface area contributed by atoms with Gasteiger partial charge in [0.25, 0.3) is 0 Å². The van der Waals surface area contributed by atoms with Gasteiger partial charge in [0.15, 0.2) is 0 Å². The second kappa shape index (κ2) is 5.92. The van der Waals surface area contributed by atoms with Gasteiger partial charge in [0.05, 0.1) is 0 Å². The fraction of sp³-hybridized carbons (Fsp3) is 0.714. The Hall–Kier alpha value is -1.21. The molecule has 0 unspecified atom stereocenters. The van der Waals surface area contributed by atoms with Gasteiger partial charge in [0.1, 0.15) is 5.60 Å². The minimum absolute atomic E-state index is 0.317. The first-order valence-corrected chi connectivity index (χ1v) is 6.25. The van der Waals surface area contributed by atoms with Crippen LogP contribution in [0.15, 0.2) is 17.9 Å². The van der Waals surface area contributed by atoms with Gasteiger partial charge in [0, 0.05) is 6.54 Å². The molecular weight excluding hydrogens is 214 g/mol. The van der Waals surface area contributed by atoms with E-state index in [2.05, 4.69) is 17.6 Å². The highest BCUT2D eigenvalue weighted by Crippen LogP contribution is 2.26. The van der Waals surface area contributed by atoms with E-state index in [4.69, 9.17) is 4.74 Å².